The number of ketones is 1. The first-order chi connectivity index (χ1) is 56.8. The summed E-state index contributed by atoms with van der Waals surface area (Å²) in [7, 11) is -1.47. The van der Waals surface area contributed by atoms with Crippen LogP contribution in [-0.4, -0.2) is 57.7 Å². The van der Waals surface area contributed by atoms with Gasteiger partial charge in [-0.25, -0.2) is 19.2 Å². The van der Waals surface area contributed by atoms with Gasteiger partial charge in [0, 0.05) is 75.2 Å². The zero-order valence-corrected chi connectivity index (χ0v) is 75.2. The van der Waals surface area contributed by atoms with Crippen LogP contribution in [0.4, 0.5) is 30.6 Å². The number of nitrogens with one attached hydrogen (secondary N) is 1. The lowest BCUT2D eigenvalue weighted by Gasteiger charge is -2.24. The van der Waals surface area contributed by atoms with E-state index in [4.69, 9.17) is 37.9 Å². The molecule has 616 valence electrons. The Bertz CT molecular complexity index is 5700. The van der Waals surface area contributed by atoms with E-state index in [0.717, 1.165) is 82.5 Å². The minimum absolute atomic E-state index is 0.156. The van der Waals surface area contributed by atoms with Gasteiger partial charge in [0.2, 0.25) is 0 Å². The van der Waals surface area contributed by atoms with Crippen LogP contribution in [0.2, 0.25) is 0 Å². The van der Waals surface area contributed by atoms with E-state index in [0.29, 0.717) is 23.0 Å². The topological polar surface area (TPSA) is 171 Å². The third-order valence-electron chi connectivity index (χ3n) is 19.7. The first-order valence-electron chi connectivity index (χ1n) is 40.1. The molecule has 1 aromatic heterocycles. The van der Waals surface area contributed by atoms with Crippen LogP contribution in [0.25, 0.3) is 25.1 Å². The zero-order valence-electron chi connectivity index (χ0n) is 71.9. The highest BCUT2D eigenvalue weighted by Gasteiger charge is 2.42. The minimum Gasteiger partial charge on any atom is -0.428 e. The van der Waals surface area contributed by atoms with Crippen molar-refractivity contribution in [3.63, 3.8) is 0 Å². The molecule has 0 bridgehead atoms. The Morgan fingerprint density at radius 3 is 1.10 bits per heavy atom. The Morgan fingerprint density at radius 2 is 0.700 bits per heavy atom. The molecule has 11 aromatic carbocycles. The maximum Gasteiger partial charge on any atom is 0.514 e. The summed E-state index contributed by atoms with van der Waals surface area (Å²) in [6, 6.07) is 76.3. The summed E-state index contributed by atoms with van der Waals surface area (Å²) in [6.07, 6.45) is 6.26. The number of anilines is 2. The molecule has 0 fully saturated rings. The van der Waals surface area contributed by atoms with Gasteiger partial charge in [-0.15, -0.1) is 0 Å². The Labute approximate surface area is 715 Å². The molecule has 16 rings (SSSR count). The Morgan fingerprint density at radius 1 is 0.375 bits per heavy atom. The van der Waals surface area contributed by atoms with Gasteiger partial charge in [-0.05, 0) is 274 Å². The fraction of sp³-hybridized carbons (Fsp3) is 0.255. The molecule has 1 N–H and O–H groups in total. The van der Waals surface area contributed by atoms with Crippen molar-refractivity contribution >= 4 is 110 Å². The average molecular weight is 1680 g/mol. The Balaban J connectivity index is 0.000000138. The molecule has 4 aliphatic rings. The van der Waals surface area contributed by atoms with Gasteiger partial charge in [-0.1, -0.05) is 126 Å². The zero-order chi connectivity index (χ0) is 86.0. The van der Waals surface area contributed by atoms with Gasteiger partial charge in [0.25, 0.3) is 0 Å². The Hall–Kier alpha value is -11.4. The Kier molecular flexibility index (Phi) is 25.6. The fourth-order valence-electron chi connectivity index (χ4n) is 15.0. The summed E-state index contributed by atoms with van der Waals surface area (Å²) in [5.41, 5.74) is 10.7. The van der Waals surface area contributed by atoms with Gasteiger partial charge in [0.1, 0.15) is 76.9 Å². The van der Waals surface area contributed by atoms with Crippen LogP contribution in [-0.2, 0) is 57.6 Å². The summed E-state index contributed by atoms with van der Waals surface area (Å²) >= 11 is 0. The van der Waals surface area contributed by atoms with Crippen molar-refractivity contribution in [2.45, 2.75) is 206 Å². The molecule has 0 saturated carbocycles. The van der Waals surface area contributed by atoms with Crippen molar-refractivity contribution in [3.8, 4) is 27.9 Å². The smallest absolute Gasteiger partial charge is 0.428 e. The van der Waals surface area contributed by atoms with Crippen molar-refractivity contribution in [1.29, 1.82) is 0 Å². The first kappa shape index (κ1) is 86.4. The van der Waals surface area contributed by atoms with E-state index >= 15 is 0 Å². The molecule has 2 unspecified atom stereocenters. The molecular weight excluding hydrogens is 1580 g/mol. The number of thiophene rings is 1. The van der Waals surface area contributed by atoms with E-state index in [1.54, 1.807) is 20.8 Å². The van der Waals surface area contributed by atoms with Crippen LogP contribution in [0.5, 0.6) is 23.0 Å². The van der Waals surface area contributed by atoms with Crippen molar-refractivity contribution in [2.24, 2.45) is 5.92 Å². The van der Waals surface area contributed by atoms with E-state index in [-0.39, 0.29) is 44.0 Å². The molecule has 0 spiro atoms. The lowest BCUT2D eigenvalue weighted by molar-refractivity contribution is 0.0190. The largest absolute Gasteiger partial charge is 0.514 e. The number of carbonyl (C=O) groups is 5. The molecule has 0 amide bonds. The third-order valence-corrected chi connectivity index (χ3v) is 29.3. The molecule has 0 saturated heterocycles. The highest BCUT2D eigenvalue weighted by atomic mass is 32.2. The van der Waals surface area contributed by atoms with E-state index in [9.17, 15) is 24.0 Å². The van der Waals surface area contributed by atoms with Crippen LogP contribution >= 0.6 is 10.5 Å². The standard InChI is InChI=1S/C26H26O4S.C26H27O3S.C25H26NO3S.C25H25O3S/c1-16-14-18(15-17(2)24(16)29-25(28)30-26(3,4)5)31-21-12-8-6-10-19(21)23(27)20-11-7-9-13-22(20)31;1-17-14-21(15-18(2)24(17)28-25(27)29-26(3,4)5)30-22-12-8-6-10-19(22)16-20-11-7-9-13-23(20)30;1-16-14-18(15-17(2)23(16)28-24(27)29-25(3,4)5)30-21-12-8-6-10-19(21)26-20-11-7-9-13-22(20)30;1-16-14-18(15-17(2)23(16)27-24(26)28-25(3,4)5)29-21-12-8-6-10-19(21)20-11-7-9-13-22(20)29/h6-15,19H,1-5H3;6-15H,16H2,1-5H3;6-15,26H,1-5H3;6-15H,1-5H3/q;3*+1/p+1. The number of carbonyl (C=O) groups excluding carboxylic acids is 5. The van der Waals surface area contributed by atoms with E-state index in [1.165, 1.54) is 65.6 Å². The van der Waals surface area contributed by atoms with E-state index < -0.39 is 57.5 Å². The second-order valence-corrected chi connectivity index (χ2v) is 42.2. The van der Waals surface area contributed by atoms with Gasteiger partial charge >= 0.3 is 24.6 Å². The van der Waals surface area contributed by atoms with Crippen molar-refractivity contribution in [2.75, 3.05) is 5.32 Å². The lowest BCUT2D eigenvalue weighted by atomic mass is 9.91. The summed E-state index contributed by atoms with van der Waals surface area (Å²) in [5, 5.41) is 6.15. The van der Waals surface area contributed by atoms with Crippen LogP contribution in [0.1, 0.15) is 149 Å². The predicted octanol–water partition coefficient (Wildman–Crippen LogP) is 26.5. The van der Waals surface area contributed by atoms with Crippen LogP contribution in [0.15, 0.2) is 282 Å². The van der Waals surface area contributed by atoms with Gasteiger partial charge in [-0.3, -0.25) is 4.79 Å². The fourth-order valence-corrected chi connectivity index (χ4v) is 25.5. The molecular formula is C102H105NO13S4+4. The second kappa shape index (κ2) is 35.5. The average Bonchev–Trinajstić information content (AvgIpc) is 1.59. The molecule has 1 aliphatic carbocycles. The number of thiol groups is 1. The molecule has 18 heteroatoms. The SMILES string of the molecule is Cc1cc(-[s+]2c3ccccc3c3ccccc32)cc(C)c1OC(=O)OC(C)(C)C.Cc1cc([S+]2c3ccccc3Cc3ccccc32)cc(C)c1OC(=O)OC(C)(C)C.Cc1cc([S+]2c3ccccc3Nc3ccccc32)cc(C)c1OC(=O)OC(C)(C)C.Cc1cc([SH+]2=C3C=CC=CC3C(=O)c3ccccc32)cc(C)c1OC(=O)OC(C)(C)C. The highest BCUT2D eigenvalue weighted by molar-refractivity contribution is 7.98. The number of ether oxygens (including phenoxy) is 8. The first-order valence-corrected chi connectivity index (χ1v) is 45.1. The number of aryl methyl sites for hydroxylation is 8. The highest BCUT2D eigenvalue weighted by Crippen LogP contribution is 2.51. The maximum absolute atomic E-state index is 13.1. The van der Waals surface area contributed by atoms with Gasteiger partial charge in [-0.2, -0.15) is 0 Å². The summed E-state index contributed by atoms with van der Waals surface area (Å²) < 4.78 is 46.2. The van der Waals surface area contributed by atoms with Crippen molar-refractivity contribution < 1.29 is 61.9 Å². The van der Waals surface area contributed by atoms with Crippen LogP contribution in [0, 0.1) is 61.3 Å². The second-order valence-electron chi connectivity index (χ2n) is 34.1. The lowest BCUT2D eigenvalue weighted by Crippen LogP contribution is -2.31. The van der Waals surface area contributed by atoms with Gasteiger partial charge in [0.15, 0.2) is 49.5 Å². The molecule has 12 aromatic rings. The summed E-state index contributed by atoms with van der Waals surface area (Å²) in [5.74, 6) is 2.18. The van der Waals surface area contributed by atoms with Crippen molar-refractivity contribution in [1.82, 2.24) is 0 Å². The van der Waals surface area contributed by atoms with E-state index in [2.05, 4.69) is 212 Å². The van der Waals surface area contributed by atoms with Gasteiger partial charge in [0.05, 0.1) is 27.8 Å². The summed E-state index contributed by atoms with van der Waals surface area (Å²) in [4.78, 5) is 74.1. The van der Waals surface area contributed by atoms with E-state index in [1.807, 2.05) is 154 Å². The molecule has 120 heavy (non-hydrogen) atoms. The minimum atomic E-state index is -0.868. The van der Waals surface area contributed by atoms with Crippen LogP contribution < -0.4 is 24.3 Å². The number of benzene rings is 11. The molecule has 0 radical (unpaired) electrons. The predicted molar refractivity (Wildman–Crippen MR) is 489 cm³/mol. The third kappa shape index (κ3) is 19.9. The maximum atomic E-state index is 13.1. The number of rotatable bonds is 8. The normalized spacial score (nSPS) is 14.5. The number of hydrogen-bond acceptors (Lipinski definition) is 14. The molecule has 4 heterocycles. The number of hydrogen-bond donors (Lipinski definition) is 1. The van der Waals surface area contributed by atoms with Gasteiger partial charge < -0.3 is 43.2 Å². The molecule has 3 aliphatic heterocycles. The quantitative estimate of drug-likeness (QED) is 0.0380. The summed E-state index contributed by atoms with van der Waals surface area (Å²) in [6.45, 7) is 37.6. The molecule has 2 atom stereocenters. The number of allylic oxidation sites excluding steroid dienone is 4. The number of Topliss-reactive ketones (excluding diaryl/α,β-unsaturated/α-hetero) is 1. The number of para-hydroxylation sites is 2. The van der Waals surface area contributed by atoms with Crippen molar-refractivity contribution in [3.05, 3.63) is 304 Å². The molecule has 14 nitrogen and oxygen atoms in total. The number of fused-ring (bicyclic) bond motifs is 9. The monoisotopic (exact) mass is 1680 g/mol. The van der Waals surface area contributed by atoms with Crippen LogP contribution in [0.3, 0.4) is 0 Å².